The van der Waals surface area contributed by atoms with Crippen molar-refractivity contribution in [3.05, 3.63) is 23.8 Å². The van der Waals surface area contributed by atoms with E-state index in [0.717, 1.165) is 10.6 Å². The molecule has 1 aliphatic rings. The Hall–Kier alpha value is -1.09. The average molecular weight is 260 g/mol. The van der Waals surface area contributed by atoms with E-state index in [1.54, 1.807) is 11.3 Å². The lowest BCUT2D eigenvalue weighted by Crippen LogP contribution is -2.36. The highest BCUT2D eigenvalue weighted by molar-refractivity contribution is 7.22. The molecule has 1 aromatic heterocycles. The van der Waals surface area contributed by atoms with Crippen LogP contribution in [-0.4, -0.2) is 10.5 Å². The fourth-order valence-corrected chi connectivity index (χ4v) is 3.80. The molecule has 2 nitrogen and oxygen atoms in total. The molecule has 3 heteroatoms. The monoisotopic (exact) mass is 260 g/mol. The number of anilines is 1. The molecule has 0 amide bonds. The molecule has 0 radical (unpaired) electrons. The predicted octanol–water partition coefficient (Wildman–Crippen LogP) is 4.74. The minimum atomic E-state index is 0.251. The summed E-state index contributed by atoms with van der Waals surface area (Å²) >= 11 is 1.78. The van der Waals surface area contributed by atoms with Crippen LogP contribution in [-0.2, 0) is 0 Å². The Morgan fingerprint density at radius 1 is 1.22 bits per heavy atom. The van der Waals surface area contributed by atoms with Gasteiger partial charge in [-0.2, -0.15) is 0 Å². The van der Waals surface area contributed by atoms with Crippen molar-refractivity contribution in [2.24, 2.45) is 0 Å². The van der Waals surface area contributed by atoms with Gasteiger partial charge in [-0.25, -0.2) is 4.98 Å². The van der Waals surface area contributed by atoms with Gasteiger partial charge in [0, 0.05) is 5.54 Å². The highest BCUT2D eigenvalue weighted by Gasteiger charge is 2.27. The van der Waals surface area contributed by atoms with Crippen molar-refractivity contribution in [3.63, 3.8) is 0 Å². The number of thiazole rings is 1. The molecular formula is C15H20N2S. The van der Waals surface area contributed by atoms with E-state index in [2.05, 4.69) is 37.4 Å². The second-order valence-electron chi connectivity index (χ2n) is 5.74. The summed E-state index contributed by atoms with van der Waals surface area (Å²) in [7, 11) is 0. The van der Waals surface area contributed by atoms with Crippen molar-refractivity contribution < 1.29 is 0 Å². The minimum Gasteiger partial charge on any atom is -0.356 e. The largest absolute Gasteiger partial charge is 0.356 e. The summed E-state index contributed by atoms with van der Waals surface area (Å²) in [6.45, 7) is 4.46. The maximum Gasteiger partial charge on any atom is 0.184 e. The van der Waals surface area contributed by atoms with Crippen LogP contribution in [0.2, 0.25) is 0 Å². The minimum absolute atomic E-state index is 0.251. The number of aromatic nitrogens is 1. The smallest absolute Gasteiger partial charge is 0.184 e. The maximum absolute atomic E-state index is 4.72. The van der Waals surface area contributed by atoms with Crippen molar-refractivity contribution in [1.82, 2.24) is 4.98 Å². The molecule has 18 heavy (non-hydrogen) atoms. The summed E-state index contributed by atoms with van der Waals surface area (Å²) < 4.78 is 1.28. The Labute approximate surface area is 112 Å². The summed E-state index contributed by atoms with van der Waals surface area (Å²) in [5, 5.41) is 4.76. The SMILES string of the molecule is Cc1ccc2sc(NC3(C)CCCCC3)nc2c1. The van der Waals surface area contributed by atoms with Crippen LogP contribution in [0.25, 0.3) is 10.2 Å². The van der Waals surface area contributed by atoms with Gasteiger partial charge < -0.3 is 5.32 Å². The van der Waals surface area contributed by atoms with Gasteiger partial charge in [-0.1, -0.05) is 36.7 Å². The van der Waals surface area contributed by atoms with Gasteiger partial charge in [-0.15, -0.1) is 0 Å². The second kappa shape index (κ2) is 4.54. The van der Waals surface area contributed by atoms with Crippen molar-refractivity contribution in [2.45, 2.75) is 51.5 Å². The van der Waals surface area contributed by atoms with Gasteiger partial charge in [0.1, 0.15) is 0 Å². The van der Waals surface area contributed by atoms with Crippen LogP contribution in [0.1, 0.15) is 44.6 Å². The molecular weight excluding hydrogens is 240 g/mol. The Morgan fingerprint density at radius 3 is 2.78 bits per heavy atom. The zero-order chi connectivity index (χ0) is 12.6. The summed E-state index contributed by atoms with van der Waals surface area (Å²) in [5.74, 6) is 0. The molecule has 96 valence electrons. The van der Waals surface area contributed by atoms with E-state index in [-0.39, 0.29) is 5.54 Å². The normalized spacial score (nSPS) is 19.0. The molecule has 0 saturated heterocycles. The highest BCUT2D eigenvalue weighted by Crippen LogP contribution is 2.34. The Morgan fingerprint density at radius 2 is 2.00 bits per heavy atom. The third-order valence-corrected chi connectivity index (χ3v) is 4.86. The second-order valence-corrected chi connectivity index (χ2v) is 6.77. The molecule has 3 rings (SSSR count). The molecule has 1 fully saturated rings. The number of nitrogens with one attached hydrogen (secondary N) is 1. The third-order valence-electron chi connectivity index (χ3n) is 3.91. The van der Waals surface area contributed by atoms with Gasteiger partial charge in [-0.05, 0) is 44.4 Å². The number of nitrogens with zero attached hydrogens (tertiary/aromatic N) is 1. The van der Waals surface area contributed by atoms with Crippen LogP contribution >= 0.6 is 11.3 Å². The van der Waals surface area contributed by atoms with Crippen LogP contribution in [0.3, 0.4) is 0 Å². The van der Waals surface area contributed by atoms with Crippen LogP contribution < -0.4 is 5.32 Å². The molecule has 1 N–H and O–H groups in total. The van der Waals surface area contributed by atoms with E-state index in [0.29, 0.717) is 0 Å². The molecule has 0 bridgehead atoms. The van der Waals surface area contributed by atoms with E-state index in [1.807, 2.05) is 0 Å². The molecule has 0 aliphatic heterocycles. The molecule has 1 aliphatic carbocycles. The number of aryl methyl sites for hydroxylation is 1. The summed E-state index contributed by atoms with van der Waals surface area (Å²) in [6, 6.07) is 6.50. The first kappa shape index (κ1) is 12.0. The maximum atomic E-state index is 4.72. The van der Waals surface area contributed by atoms with E-state index in [1.165, 1.54) is 42.4 Å². The molecule has 0 atom stereocenters. The van der Waals surface area contributed by atoms with Crippen LogP contribution in [0.15, 0.2) is 18.2 Å². The van der Waals surface area contributed by atoms with Crippen LogP contribution in [0.5, 0.6) is 0 Å². The van der Waals surface area contributed by atoms with Gasteiger partial charge in [0.05, 0.1) is 10.2 Å². The number of hydrogen-bond donors (Lipinski definition) is 1. The quantitative estimate of drug-likeness (QED) is 0.843. The zero-order valence-corrected chi connectivity index (χ0v) is 11.9. The van der Waals surface area contributed by atoms with Gasteiger partial charge in [-0.3, -0.25) is 0 Å². The van der Waals surface area contributed by atoms with Crippen LogP contribution in [0.4, 0.5) is 5.13 Å². The molecule has 0 spiro atoms. The molecule has 0 unspecified atom stereocenters. The Balaban J connectivity index is 1.86. The fourth-order valence-electron chi connectivity index (χ4n) is 2.81. The Bertz CT molecular complexity index is 553. The lowest BCUT2D eigenvalue weighted by molar-refractivity contribution is 0.349. The first-order chi connectivity index (χ1) is 8.65. The van der Waals surface area contributed by atoms with E-state index in [4.69, 9.17) is 4.98 Å². The number of benzene rings is 1. The van der Waals surface area contributed by atoms with Gasteiger partial charge in [0.2, 0.25) is 0 Å². The highest BCUT2D eigenvalue weighted by atomic mass is 32.1. The van der Waals surface area contributed by atoms with E-state index >= 15 is 0 Å². The fraction of sp³-hybridized carbons (Fsp3) is 0.533. The molecule has 1 aromatic carbocycles. The summed E-state index contributed by atoms with van der Waals surface area (Å²) in [4.78, 5) is 4.72. The zero-order valence-electron chi connectivity index (χ0n) is 11.1. The predicted molar refractivity (Wildman–Crippen MR) is 79.5 cm³/mol. The average Bonchev–Trinajstić information content (AvgIpc) is 2.70. The van der Waals surface area contributed by atoms with Crippen molar-refractivity contribution in [3.8, 4) is 0 Å². The molecule has 2 aromatic rings. The third kappa shape index (κ3) is 2.37. The Kier molecular flexibility index (Phi) is 3.02. The number of fused-ring (bicyclic) bond motifs is 1. The van der Waals surface area contributed by atoms with E-state index < -0.39 is 0 Å². The van der Waals surface area contributed by atoms with Gasteiger partial charge >= 0.3 is 0 Å². The van der Waals surface area contributed by atoms with Crippen molar-refractivity contribution >= 4 is 26.7 Å². The standard InChI is InChI=1S/C15H20N2S/c1-11-6-7-13-12(10-11)16-14(18-13)17-15(2)8-4-3-5-9-15/h6-7,10H,3-5,8-9H2,1-2H3,(H,16,17). The topological polar surface area (TPSA) is 24.9 Å². The summed E-state index contributed by atoms with van der Waals surface area (Å²) in [6.07, 6.45) is 6.60. The molecule has 1 heterocycles. The number of hydrogen-bond acceptors (Lipinski definition) is 3. The van der Waals surface area contributed by atoms with Crippen molar-refractivity contribution in [2.75, 3.05) is 5.32 Å². The van der Waals surface area contributed by atoms with E-state index in [9.17, 15) is 0 Å². The number of rotatable bonds is 2. The van der Waals surface area contributed by atoms with Crippen LogP contribution in [0, 0.1) is 6.92 Å². The first-order valence-corrected chi connectivity index (χ1v) is 7.62. The lowest BCUT2D eigenvalue weighted by atomic mass is 9.83. The molecule has 1 saturated carbocycles. The summed E-state index contributed by atoms with van der Waals surface area (Å²) in [5.41, 5.74) is 2.66. The van der Waals surface area contributed by atoms with Crippen molar-refractivity contribution in [1.29, 1.82) is 0 Å². The lowest BCUT2D eigenvalue weighted by Gasteiger charge is -2.34. The first-order valence-electron chi connectivity index (χ1n) is 6.80. The van der Waals surface area contributed by atoms with Gasteiger partial charge in [0.25, 0.3) is 0 Å². The van der Waals surface area contributed by atoms with Gasteiger partial charge in [0.15, 0.2) is 5.13 Å².